The van der Waals surface area contributed by atoms with Crippen LogP contribution >= 0.6 is 0 Å². The van der Waals surface area contributed by atoms with Gasteiger partial charge in [0, 0.05) is 24.2 Å². The lowest BCUT2D eigenvalue weighted by atomic mass is 10.0. The van der Waals surface area contributed by atoms with E-state index in [1.54, 1.807) is 12.1 Å². The zero-order valence-corrected chi connectivity index (χ0v) is 14.7. The average molecular weight is 379 g/mol. The van der Waals surface area contributed by atoms with Crippen LogP contribution in [-0.4, -0.2) is 22.8 Å². The number of rotatable bonds is 7. The fraction of sp³-hybridized carbons (Fsp3) is 0.100. The van der Waals surface area contributed by atoms with Gasteiger partial charge < -0.3 is 15.1 Å². The quantitative estimate of drug-likeness (QED) is 0.483. The van der Waals surface area contributed by atoms with E-state index >= 15 is 0 Å². The van der Waals surface area contributed by atoms with Crippen LogP contribution in [0, 0.1) is 10.1 Å². The number of hydrogen-bond donors (Lipinski definition) is 2. The van der Waals surface area contributed by atoms with Crippen LogP contribution in [0.5, 0.6) is 0 Å². The van der Waals surface area contributed by atoms with Gasteiger partial charge >= 0.3 is 0 Å². The number of carbonyl (C=O) groups excluding carboxylic acids is 2. The van der Waals surface area contributed by atoms with Crippen molar-refractivity contribution in [3.63, 3.8) is 0 Å². The summed E-state index contributed by atoms with van der Waals surface area (Å²) in [6.45, 7) is 0. The standard InChI is InChI=1S/C20H17N3O5/c24-19(21-15-8-4-9-16(13-15)23(26)27)17(12-14-6-2-1-3-7-14)22-20(25)18-10-5-11-28-18/h1-11,13,17H,12H2,(H,21,24)(H,22,25)/t17-/m0/s1. The third-order valence-corrected chi connectivity index (χ3v) is 3.97. The lowest BCUT2D eigenvalue weighted by Crippen LogP contribution is -2.45. The van der Waals surface area contributed by atoms with E-state index < -0.39 is 22.8 Å². The molecule has 0 aliphatic carbocycles. The minimum atomic E-state index is -0.903. The summed E-state index contributed by atoms with van der Waals surface area (Å²) in [4.78, 5) is 35.5. The van der Waals surface area contributed by atoms with E-state index in [9.17, 15) is 19.7 Å². The Balaban J connectivity index is 1.78. The first-order chi connectivity index (χ1) is 13.5. The molecule has 0 saturated heterocycles. The maximum atomic E-state index is 12.8. The van der Waals surface area contributed by atoms with Gasteiger partial charge in [-0.1, -0.05) is 36.4 Å². The van der Waals surface area contributed by atoms with Crippen molar-refractivity contribution >= 4 is 23.2 Å². The van der Waals surface area contributed by atoms with Gasteiger partial charge in [-0.2, -0.15) is 0 Å². The molecular formula is C20H17N3O5. The average Bonchev–Trinajstić information content (AvgIpc) is 3.23. The van der Waals surface area contributed by atoms with E-state index in [-0.39, 0.29) is 23.6 Å². The second-order valence-corrected chi connectivity index (χ2v) is 5.99. The van der Waals surface area contributed by atoms with Crippen LogP contribution in [0.3, 0.4) is 0 Å². The molecule has 0 radical (unpaired) electrons. The molecule has 0 unspecified atom stereocenters. The van der Waals surface area contributed by atoms with E-state index in [4.69, 9.17) is 4.42 Å². The van der Waals surface area contributed by atoms with E-state index in [1.165, 1.54) is 30.5 Å². The summed E-state index contributed by atoms with van der Waals surface area (Å²) in [5.41, 5.74) is 0.975. The first kappa shape index (κ1) is 18.8. The van der Waals surface area contributed by atoms with Gasteiger partial charge in [-0.05, 0) is 23.8 Å². The Kier molecular flexibility index (Phi) is 5.81. The third-order valence-electron chi connectivity index (χ3n) is 3.97. The molecule has 3 aromatic rings. The normalized spacial score (nSPS) is 11.4. The van der Waals surface area contributed by atoms with Gasteiger partial charge in [0.25, 0.3) is 11.6 Å². The molecule has 8 heteroatoms. The second kappa shape index (κ2) is 8.63. The Labute approximate surface area is 160 Å². The number of non-ortho nitro benzene ring substituents is 1. The van der Waals surface area contributed by atoms with Crippen molar-refractivity contribution in [3.8, 4) is 0 Å². The lowest BCUT2D eigenvalue weighted by molar-refractivity contribution is -0.384. The topological polar surface area (TPSA) is 114 Å². The van der Waals surface area contributed by atoms with Crippen molar-refractivity contribution in [2.75, 3.05) is 5.32 Å². The van der Waals surface area contributed by atoms with Gasteiger partial charge in [0.2, 0.25) is 5.91 Å². The zero-order chi connectivity index (χ0) is 19.9. The van der Waals surface area contributed by atoms with E-state index in [2.05, 4.69) is 10.6 Å². The Morgan fingerprint density at radius 1 is 1.04 bits per heavy atom. The van der Waals surface area contributed by atoms with Crippen LogP contribution in [-0.2, 0) is 11.2 Å². The highest BCUT2D eigenvalue weighted by Gasteiger charge is 2.23. The minimum absolute atomic E-state index is 0.0845. The Hall–Kier alpha value is -3.94. The predicted molar refractivity (Wildman–Crippen MR) is 102 cm³/mol. The number of amides is 2. The minimum Gasteiger partial charge on any atom is -0.459 e. The van der Waals surface area contributed by atoms with Crippen molar-refractivity contribution in [2.24, 2.45) is 0 Å². The molecule has 28 heavy (non-hydrogen) atoms. The third kappa shape index (κ3) is 4.82. The number of anilines is 1. The molecule has 8 nitrogen and oxygen atoms in total. The van der Waals surface area contributed by atoms with Gasteiger partial charge in [-0.3, -0.25) is 19.7 Å². The first-order valence-corrected chi connectivity index (χ1v) is 8.46. The summed E-state index contributed by atoms with van der Waals surface area (Å²) >= 11 is 0. The molecule has 0 spiro atoms. The van der Waals surface area contributed by atoms with Gasteiger partial charge in [-0.15, -0.1) is 0 Å². The molecule has 1 heterocycles. The molecule has 0 saturated carbocycles. The maximum absolute atomic E-state index is 12.8. The monoisotopic (exact) mass is 379 g/mol. The van der Waals surface area contributed by atoms with E-state index in [0.29, 0.717) is 0 Å². The van der Waals surface area contributed by atoms with Gasteiger partial charge in [0.1, 0.15) is 6.04 Å². The molecule has 0 aliphatic rings. The Morgan fingerprint density at radius 2 is 1.82 bits per heavy atom. The van der Waals surface area contributed by atoms with Gasteiger partial charge in [-0.25, -0.2) is 0 Å². The largest absolute Gasteiger partial charge is 0.459 e. The zero-order valence-electron chi connectivity index (χ0n) is 14.7. The molecule has 2 N–H and O–H groups in total. The molecule has 142 valence electrons. The molecule has 1 atom stereocenters. The summed E-state index contributed by atoms with van der Waals surface area (Å²) < 4.78 is 5.07. The van der Waals surface area contributed by atoms with Crippen molar-refractivity contribution in [2.45, 2.75) is 12.5 Å². The fourth-order valence-corrected chi connectivity index (χ4v) is 2.62. The summed E-state index contributed by atoms with van der Waals surface area (Å²) in [5, 5.41) is 16.2. The lowest BCUT2D eigenvalue weighted by Gasteiger charge is -2.18. The maximum Gasteiger partial charge on any atom is 0.287 e. The number of nitro benzene ring substituents is 1. The smallest absolute Gasteiger partial charge is 0.287 e. The number of furan rings is 1. The van der Waals surface area contributed by atoms with Crippen molar-refractivity contribution < 1.29 is 18.9 Å². The van der Waals surface area contributed by atoms with Crippen molar-refractivity contribution in [1.29, 1.82) is 0 Å². The summed E-state index contributed by atoms with van der Waals surface area (Å²) in [7, 11) is 0. The number of benzene rings is 2. The fourth-order valence-electron chi connectivity index (χ4n) is 2.62. The van der Waals surface area contributed by atoms with Crippen LogP contribution in [0.15, 0.2) is 77.4 Å². The number of nitrogens with zero attached hydrogens (tertiary/aromatic N) is 1. The van der Waals surface area contributed by atoms with E-state index in [0.717, 1.165) is 5.56 Å². The summed E-state index contributed by atoms with van der Waals surface area (Å²) in [6, 6.07) is 17.0. The molecule has 3 rings (SSSR count). The summed E-state index contributed by atoms with van der Waals surface area (Å²) in [6.07, 6.45) is 1.61. The Morgan fingerprint density at radius 3 is 2.50 bits per heavy atom. The van der Waals surface area contributed by atoms with Crippen molar-refractivity contribution in [3.05, 3.63) is 94.4 Å². The predicted octanol–water partition coefficient (Wildman–Crippen LogP) is 3.17. The highest BCUT2D eigenvalue weighted by molar-refractivity contribution is 6.00. The van der Waals surface area contributed by atoms with Crippen LogP contribution in [0.25, 0.3) is 0 Å². The molecule has 2 amide bonds. The number of nitro groups is 1. The molecule has 0 bridgehead atoms. The van der Waals surface area contributed by atoms with Gasteiger partial charge in [0.05, 0.1) is 11.2 Å². The number of carbonyl (C=O) groups is 2. The first-order valence-electron chi connectivity index (χ1n) is 8.46. The number of hydrogen-bond acceptors (Lipinski definition) is 5. The van der Waals surface area contributed by atoms with E-state index in [1.807, 2.05) is 30.3 Å². The van der Waals surface area contributed by atoms with Gasteiger partial charge in [0.15, 0.2) is 5.76 Å². The second-order valence-electron chi connectivity index (χ2n) is 5.99. The molecule has 0 fully saturated rings. The molecular weight excluding hydrogens is 362 g/mol. The van der Waals surface area contributed by atoms with Crippen LogP contribution < -0.4 is 10.6 Å². The van der Waals surface area contributed by atoms with Crippen molar-refractivity contribution in [1.82, 2.24) is 5.32 Å². The molecule has 1 aromatic heterocycles. The molecule has 0 aliphatic heterocycles. The van der Waals surface area contributed by atoms with Crippen LogP contribution in [0.1, 0.15) is 16.1 Å². The summed E-state index contributed by atoms with van der Waals surface area (Å²) in [5.74, 6) is -0.939. The molecule has 2 aromatic carbocycles. The number of nitrogens with one attached hydrogen (secondary N) is 2. The Bertz CT molecular complexity index is 971. The highest BCUT2D eigenvalue weighted by Crippen LogP contribution is 2.17. The van der Waals surface area contributed by atoms with Crippen LogP contribution in [0.2, 0.25) is 0 Å². The SMILES string of the molecule is O=C(N[C@@H](Cc1ccccc1)C(=O)Nc1cccc([N+](=O)[O-])c1)c1ccco1. The highest BCUT2D eigenvalue weighted by atomic mass is 16.6. The van der Waals surface area contributed by atoms with Crippen LogP contribution in [0.4, 0.5) is 11.4 Å².